The van der Waals surface area contributed by atoms with E-state index in [1.165, 1.54) is 18.2 Å². The number of rotatable bonds is 3. The molecular weight excluding hydrogens is 256 g/mol. The maximum Gasteiger partial charge on any atom is 0.335 e. The minimum atomic E-state index is -1.08. The third-order valence-corrected chi connectivity index (χ3v) is 3.06. The molecule has 5 nitrogen and oxygen atoms in total. The number of nitrogens with one attached hydrogen (secondary N) is 2. The Morgan fingerprint density at radius 1 is 1.28 bits per heavy atom. The molecule has 96 valence electrons. The van der Waals surface area contributed by atoms with Gasteiger partial charge in [0.05, 0.1) is 5.56 Å². The number of amides is 2. The first-order valence-electron chi connectivity index (χ1n) is 5.66. The molecule has 0 aromatic heterocycles. The fourth-order valence-corrected chi connectivity index (χ4v) is 1.93. The molecule has 0 atom stereocenters. The van der Waals surface area contributed by atoms with Crippen LogP contribution in [0.4, 0.5) is 10.5 Å². The van der Waals surface area contributed by atoms with Crippen molar-refractivity contribution < 1.29 is 14.7 Å². The van der Waals surface area contributed by atoms with Crippen LogP contribution in [0.1, 0.15) is 29.6 Å². The molecule has 1 aromatic rings. The molecule has 1 saturated carbocycles. The second kappa shape index (κ2) is 5.27. The number of hydrogen-bond donors (Lipinski definition) is 3. The van der Waals surface area contributed by atoms with Crippen LogP contribution in [0, 0.1) is 0 Å². The summed E-state index contributed by atoms with van der Waals surface area (Å²) in [7, 11) is 0. The molecule has 6 heteroatoms. The van der Waals surface area contributed by atoms with Crippen molar-refractivity contribution in [2.24, 2.45) is 0 Å². The van der Waals surface area contributed by atoms with Crippen LogP contribution in [0.5, 0.6) is 0 Å². The lowest BCUT2D eigenvalue weighted by atomic mass is 9.93. The average Bonchev–Trinajstić information content (AvgIpc) is 2.22. The van der Waals surface area contributed by atoms with Gasteiger partial charge in [-0.15, -0.1) is 0 Å². The molecule has 0 spiro atoms. The lowest BCUT2D eigenvalue weighted by Gasteiger charge is -2.26. The molecule has 0 bridgehead atoms. The molecule has 0 heterocycles. The van der Waals surface area contributed by atoms with E-state index in [1.807, 2.05) is 0 Å². The summed E-state index contributed by atoms with van der Waals surface area (Å²) in [6, 6.07) is 4.10. The van der Waals surface area contributed by atoms with Gasteiger partial charge in [-0.05, 0) is 37.5 Å². The van der Waals surface area contributed by atoms with Crippen LogP contribution in [0.3, 0.4) is 0 Å². The predicted molar refractivity (Wildman–Crippen MR) is 68.2 cm³/mol. The van der Waals surface area contributed by atoms with Crippen molar-refractivity contribution in [3.8, 4) is 0 Å². The number of aromatic carboxylic acids is 1. The second-order valence-electron chi connectivity index (χ2n) is 4.26. The van der Waals surface area contributed by atoms with E-state index in [0.29, 0.717) is 5.69 Å². The zero-order valence-electron chi connectivity index (χ0n) is 9.57. The third kappa shape index (κ3) is 3.13. The molecule has 1 aliphatic rings. The van der Waals surface area contributed by atoms with Crippen molar-refractivity contribution in [1.82, 2.24) is 5.32 Å². The second-order valence-corrected chi connectivity index (χ2v) is 4.70. The third-order valence-electron chi connectivity index (χ3n) is 2.84. The molecule has 1 aromatic carbocycles. The van der Waals surface area contributed by atoms with Crippen LogP contribution in [-0.2, 0) is 0 Å². The van der Waals surface area contributed by atoms with Gasteiger partial charge in [-0.3, -0.25) is 0 Å². The highest BCUT2D eigenvalue weighted by Crippen LogP contribution is 2.20. The Balaban J connectivity index is 2.03. The first kappa shape index (κ1) is 12.7. The molecular formula is C12H13ClN2O3. The van der Waals surface area contributed by atoms with Gasteiger partial charge in [-0.1, -0.05) is 11.6 Å². The van der Waals surface area contributed by atoms with E-state index < -0.39 is 5.97 Å². The average molecular weight is 269 g/mol. The standard InChI is InChI=1S/C12H13ClN2O3/c13-8-4-7(11(16)17)5-10(6-8)15-12(18)14-9-2-1-3-9/h4-6,9H,1-3H2,(H,16,17)(H2,14,15,18). The molecule has 0 saturated heterocycles. The van der Waals surface area contributed by atoms with E-state index in [-0.39, 0.29) is 22.7 Å². The van der Waals surface area contributed by atoms with Crippen LogP contribution in [0.15, 0.2) is 18.2 Å². The van der Waals surface area contributed by atoms with Gasteiger partial charge in [0.2, 0.25) is 0 Å². The summed E-state index contributed by atoms with van der Waals surface area (Å²) in [5.74, 6) is -1.08. The number of hydrogen-bond acceptors (Lipinski definition) is 2. The van der Waals surface area contributed by atoms with Crippen molar-refractivity contribution in [3.05, 3.63) is 28.8 Å². The molecule has 1 aliphatic carbocycles. The molecule has 0 aliphatic heterocycles. The largest absolute Gasteiger partial charge is 0.478 e. The highest BCUT2D eigenvalue weighted by atomic mass is 35.5. The van der Waals surface area contributed by atoms with Gasteiger partial charge in [-0.2, -0.15) is 0 Å². The summed E-state index contributed by atoms with van der Waals surface area (Å²) >= 11 is 5.79. The number of carbonyl (C=O) groups excluding carboxylic acids is 1. The maximum absolute atomic E-state index is 11.6. The number of benzene rings is 1. The minimum absolute atomic E-state index is 0.0430. The van der Waals surface area contributed by atoms with Gasteiger partial charge >= 0.3 is 12.0 Å². The Labute approximate surface area is 109 Å². The van der Waals surface area contributed by atoms with Crippen LogP contribution < -0.4 is 10.6 Å². The van der Waals surface area contributed by atoms with Gasteiger partial charge in [-0.25, -0.2) is 9.59 Å². The van der Waals surface area contributed by atoms with E-state index in [2.05, 4.69) is 10.6 Å². The van der Waals surface area contributed by atoms with Gasteiger partial charge in [0, 0.05) is 16.8 Å². The maximum atomic E-state index is 11.6. The van der Waals surface area contributed by atoms with Gasteiger partial charge in [0.25, 0.3) is 0 Å². The number of carboxylic acid groups (broad SMARTS) is 1. The smallest absolute Gasteiger partial charge is 0.335 e. The van der Waals surface area contributed by atoms with Crippen LogP contribution in [0.2, 0.25) is 5.02 Å². The van der Waals surface area contributed by atoms with Crippen molar-refractivity contribution in [2.75, 3.05) is 5.32 Å². The summed E-state index contributed by atoms with van der Waals surface area (Å²) < 4.78 is 0. The van der Waals surface area contributed by atoms with Crippen LogP contribution >= 0.6 is 11.6 Å². The summed E-state index contributed by atoms with van der Waals surface area (Å²) in [4.78, 5) is 22.4. The Hall–Kier alpha value is -1.75. The Kier molecular flexibility index (Phi) is 3.72. The van der Waals surface area contributed by atoms with E-state index >= 15 is 0 Å². The van der Waals surface area contributed by atoms with Crippen LogP contribution in [0.25, 0.3) is 0 Å². The fraction of sp³-hybridized carbons (Fsp3) is 0.333. The highest BCUT2D eigenvalue weighted by molar-refractivity contribution is 6.31. The van der Waals surface area contributed by atoms with Crippen molar-refractivity contribution >= 4 is 29.3 Å². The molecule has 0 unspecified atom stereocenters. The lowest BCUT2D eigenvalue weighted by molar-refractivity contribution is 0.0697. The summed E-state index contributed by atoms with van der Waals surface area (Å²) in [5.41, 5.74) is 0.415. The van der Waals surface area contributed by atoms with E-state index in [1.54, 1.807) is 0 Å². The molecule has 0 radical (unpaired) electrons. The minimum Gasteiger partial charge on any atom is -0.478 e. The number of anilines is 1. The number of halogens is 1. The zero-order valence-corrected chi connectivity index (χ0v) is 10.3. The van der Waals surface area contributed by atoms with Crippen LogP contribution in [-0.4, -0.2) is 23.1 Å². The topological polar surface area (TPSA) is 78.4 Å². The molecule has 2 amide bonds. The zero-order chi connectivity index (χ0) is 13.1. The fourth-order valence-electron chi connectivity index (χ4n) is 1.69. The number of carboxylic acids is 1. The SMILES string of the molecule is O=C(Nc1cc(Cl)cc(C(=O)O)c1)NC1CCC1. The van der Waals surface area contributed by atoms with E-state index in [4.69, 9.17) is 16.7 Å². The Bertz CT molecular complexity index is 486. The van der Waals surface area contributed by atoms with E-state index in [0.717, 1.165) is 19.3 Å². The quantitative estimate of drug-likeness (QED) is 0.789. The first-order valence-corrected chi connectivity index (χ1v) is 6.04. The molecule has 18 heavy (non-hydrogen) atoms. The summed E-state index contributed by atoms with van der Waals surface area (Å²) in [6.07, 6.45) is 3.11. The molecule has 3 N–H and O–H groups in total. The number of urea groups is 1. The Morgan fingerprint density at radius 2 is 2.00 bits per heavy atom. The van der Waals surface area contributed by atoms with Crippen molar-refractivity contribution in [3.63, 3.8) is 0 Å². The predicted octanol–water partition coefficient (Wildman–Crippen LogP) is 2.71. The normalized spacial score (nSPS) is 14.7. The highest BCUT2D eigenvalue weighted by Gasteiger charge is 2.19. The summed E-state index contributed by atoms with van der Waals surface area (Å²) in [5, 5.41) is 14.5. The van der Waals surface area contributed by atoms with Gasteiger partial charge < -0.3 is 15.7 Å². The molecule has 2 rings (SSSR count). The van der Waals surface area contributed by atoms with E-state index in [9.17, 15) is 9.59 Å². The van der Waals surface area contributed by atoms with Crippen molar-refractivity contribution in [1.29, 1.82) is 0 Å². The number of carbonyl (C=O) groups is 2. The Morgan fingerprint density at radius 3 is 2.56 bits per heavy atom. The monoisotopic (exact) mass is 268 g/mol. The van der Waals surface area contributed by atoms with Gasteiger partial charge in [0.15, 0.2) is 0 Å². The lowest BCUT2D eigenvalue weighted by Crippen LogP contribution is -2.41. The first-order chi connectivity index (χ1) is 8.54. The van der Waals surface area contributed by atoms with Gasteiger partial charge in [0.1, 0.15) is 0 Å². The molecule has 1 fully saturated rings. The van der Waals surface area contributed by atoms with Crippen molar-refractivity contribution in [2.45, 2.75) is 25.3 Å². The summed E-state index contributed by atoms with van der Waals surface area (Å²) in [6.45, 7) is 0.